The molecule has 114 valence electrons. The number of aliphatic hydroxyl groups is 1. The van der Waals surface area contributed by atoms with Crippen molar-refractivity contribution < 1.29 is 9.52 Å². The van der Waals surface area contributed by atoms with Crippen molar-refractivity contribution in [3.05, 3.63) is 24.2 Å². The van der Waals surface area contributed by atoms with Crippen molar-refractivity contribution in [3.8, 4) is 0 Å². The van der Waals surface area contributed by atoms with E-state index in [0.29, 0.717) is 5.76 Å². The fourth-order valence-electron chi connectivity index (χ4n) is 1.86. The van der Waals surface area contributed by atoms with Crippen LogP contribution in [0.2, 0.25) is 0 Å². The fourth-order valence-corrected chi connectivity index (χ4v) is 1.86. The Morgan fingerprint density at radius 2 is 2.25 bits per heavy atom. The number of nitrogens with zero attached hydrogens (tertiary/aromatic N) is 2. The molecule has 0 amide bonds. The van der Waals surface area contributed by atoms with Crippen LogP contribution in [0.3, 0.4) is 0 Å². The molecule has 0 aromatic carbocycles. The summed E-state index contributed by atoms with van der Waals surface area (Å²) in [6, 6.07) is 3.54. The molecule has 1 rings (SSSR count). The van der Waals surface area contributed by atoms with Crippen LogP contribution in [0, 0.1) is 0 Å². The first-order valence-electron chi connectivity index (χ1n) is 7.27. The predicted molar refractivity (Wildman–Crippen MR) is 81.8 cm³/mol. The second-order valence-corrected chi connectivity index (χ2v) is 5.20. The van der Waals surface area contributed by atoms with Crippen LogP contribution < -0.4 is 5.32 Å². The summed E-state index contributed by atoms with van der Waals surface area (Å²) in [6.45, 7) is 7.93. The van der Waals surface area contributed by atoms with Gasteiger partial charge in [0.2, 0.25) is 0 Å². The second kappa shape index (κ2) is 7.94. The van der Waals surface area contributed by atoms with Crippen LogP contribution >= 0.6 is 0 Å². The van der Waals surface area contributed by atoms with Gasteiger partial charge in [0, 0.05) is 20.1 Å². The number of furan rings is 1. The van der Waals surface area contributed by atoms with Gasteiger partial charge in [-0.1, -0.05) is 13.3 Å². The summed E-state index contributed by atoms with van der Waals surface area (Å²) in [7, 11) is 2.01. The lowest BCUT2D eigenvalue weighted by Gasteiger charge is -2.24. The number of guanidine groups is 1. The molecule has 0 bridgehead atoms. The fraction of sp³-hybridized carbons (Fsp3) is 0.667. The van der Waals surface area contributed by atoms with Crippen molar-refractivity contribution >= 4 is 5.96 Å². The third-order valence-electron chi connectivity index (χ3n) is 3.13. The first-order chi connectivity index (χ1) is 9.51. The number of rotatable bonds is 7. The topological polar surface area (TPSA) is 61.0 Å². The standard InChI is InChI=1S/C15H27N3O2/c1-5-7-10-18(4)14(16-6-2)17-12-15(3,19)13-9-8-11-20-13/h8-9,11,19H,5-7,10,12H2,1-4H3,(H,16,17). The highest BCUT2D eigenvalue weighted by atomic mass is 16.4. The van der Waals surface area contributed by atoms with Crippen molar-refractivity contribution in [2.45, 2.75) is 39.2 Å². The van der Waals surface area contributed by atoms with Crippen molar-refractivity contribution in [1.29, 1.82) is 0 Å². The zero-order chi connectivity index (χ0) is 15.0. The van der Waals surface area contributed by atoms with E-state index in [2.05, 4.69) is 22.1 Å². The number of nitrogens with one attached hydrogen (secondary N) is 1. The summed E-state index contributed by atoms with van der Waals surface area (Å²) in [4.78, 5) is 6.60. The van der Waals surface area contributed by atoms with E-state index in [1.807, 2.05) is 14.0 Å². The molecule has 0 aliphatic carbocycles. The number of hydrogen-bond acceptors (Lipinski definition) is 3. The summed E-state index contributed by atoms with van der Waals surface area (Å²) in [5.41, 5.74) is -1.09. The minimum absolute atomic E-state index is 0.263. The lowest BCUT2D eigenvalue weighted by atomic mass is 10.0. The van der Waals surface area contributed by atoms with Crippen LogP contribution in [-0.2, 0) is 5.60 Å². The lowest BCUT2D eigenvalue weighted by molar-refractivity contribution is 0.0435. The Labute approximate surface area is 121 Å². The third kappa shape index (κ3) is 4.89. The van der Waals surface area contributed by atoms with E-state index >= 15 is 0 Å². The van der Waals surface area contributed by atoms with E-state index < -0.39 is 5.60 Å². The van der Waals surface area contributed by atoms with Crippen molar-refractivity contribution in [1.82, 2.24) is 10.2 Å². The molecule has 0 aliphatic rings. The highest BCUT2D eigenvalue weighted by Gasteiger charge is 2.26. The molecule has 1 heterocycles. The number of unbranched alkanes of at least 4 members (excludes halogenated alkanes) is 1. The molecule has 0 saturated carbocycles. The first-order valence-corrected chi connectivity index (χ1v) is 7.27. The molecule has 1 aromatic heterocycles. The summed E-state index contributed by atoms with van der Waals surface area (Å²) in [5, 5.41) is 13.6. The molecule has 1 atom stereocenters. The van der Waals surface area contributed by atoms with E-state index in [4.69, 9.17) is 4.42 Å². The molecule has 1 aromatic rings. The maximum absolute atomic E-state index is 10.4. The zero-order valence-corrected chi connectivity index (χ0v) is 13.0. The molecule has 0 spiro atoms. The van der Waals surface area contributed by atoms with Crippen LogP contribution in [-0.4, -0.2) is 42.6 Å². The molecule has 2 N–H and O–H groups in total. The highest BCUT2D eigenvalue weighted by molar-refractivity contribution is 5.79. The zero-order valence-electron chi connectivity index (χ0n) is 13.0. The van der Waals surface area contributed by atoms with Crippen LogP contribution in [0.15, 0.2) is 27.8 Å². The Hall–Kier alpha value is -1.49. The van der Waals surface area contributed by atoms with Crippen molar-refractivity contribution in [3.63, 3.8) is 0 Å². The Kier molecular flexibility index (Phi) is 6.58. The Bertz CT molecular complexity index is 399. The quantitative estimate of drug-likeness (QED) is 0.594. The minimum Gasteiger partial charge on any atom is -0.466 e. The predicted octanol–water partition coefficient (Wildman–Crippen LogP) is 2.18. The van der Waals surface area contributed by atoms with E-state index in [1.165, 1.54) is 0 Å². The van der Waals surface area contributed by atoms with Gasteiger partial charge in [-0.3, -0.25) is 0 Å². The molecule has 5 heteroatoms. The molecule has 0 fully saturated rings. The normalized spacial score (nSPS) is 14.9. The molecular weight excluding hydrogens is 254 g/mol. The summed E-state index contributed by atoms with van der Waals surface area (Å²) >= 11 is 0. The molecule has 0 radical (unpaired) electrons. The van der Waals surface area contributed by atoms with E-state index in [0.717, 1.165) is 31.9 Å². The first kappa shape index (κ1) is 16.6. The highest BCUT2D eigenvalue weighted by Crippen LogP contribution is 2.21. The van der Waals surface area contributed by atoms with Gasteiger partial charge in [-0.15, -0.1) is 0 Å². The minimum atomic E-state index is -1.09. The maximum Gasteiger partial charge on any atom is 0.193 e. The van der Waals surface area contributed by atoms with E-state index in [-0.39, 0.29) is 6.54 Å². The van der Waals surface area contributed by atoms with Gasteiger partial charge in [0.15, 0.2) is 5.96 Å². The lowest BCUT2D eigenvalue weighted by Crippen LogP contribution is -2.40. The van der Waals surface area contributed by atoms with Crippen LogP contribution in [0.1, 0.15) is 39.4 Å². The van der Waals surface area contributed by atoms with Gasteiger partial charge in [0.05, 0.1) is 12.8 Å². The average molecular weight is 281 g/mol. The molecule has 0 aliphatic heterocycles. The van der Waals surface area contributed by atoms with Gasteiger partial charge in [0.25, 0.3) is 0 Å². The summed E-state index contributed by atoms with van der Waals surface area (Å²) in [6.07, 6.45) is 3.83. The number of aliphatic imine (C=N–C) groups is 1. The molecule has 1 unspecified atom stereocenters. The van der Waals surface area contributed by atoms with Gasteiger partial charge < -0.3 is 19.7 Å². The van der Waals surface area contributed by atoms with Gasteiger partial charge >= 0.3 is 0 Å². The maximum atomic E-state index is 10.4. The van der Waals surface area contributed by atoms with Crippen LogP contribution in [0.5, 0.6) is 0 Å². The Morgan fingerprint density at radius 1 is 1.50 bits per heavy atom. The van der Waals surface area contributed by atoms with Crippen LogP contribution in [0.25, 0.3) is 0 Å². The number of hydrogen-bond donors (Lipinski definition) is 2. The smallest absolute Gasteiger partial charge is 0.193 e. The Morgan fingerprint density at radius 3 is 2.80 bits per heavy atom. The molecule has 0 saturated heterocycles. The Balaban J connectivity index is 2.71. The monoisotopic (exact) mass is 281 g/mol. The van der Waals surface area contributed by atoms with E-state index in [1.54, 1.807) is 25.3 Å². The van der Waals surface area contributed by atoms with Gasteiger partial charge in [-0.25, -0.2) is 4.99 Å². The molecule has 20 heavy (non-hydrogen) atoms. The molecule has 5 nitrogen and oxygen atoms in total. The van der Waals surface area contributed by atoms with Gasteiger partial charge in [-0.2, -0.15) is 0 Å². The second-order valence-electron chi connectivity index (χ2n) is 5.20. The van der Waals surface area contributed by atoms with Crippen molar-refractivity contribution in [2.24, 2.45) is 4.99 Å². The SMILES string of the molecule is CCCCN(C)C(=NCC(C)(O)c1ccco1)NCC. The third-order valence-corrected chi connectivity index (χ3v) is 3.13. The van der Waals surface area contributed by atoms with Gasteiger partial charge in [-0.05, 0) is 32.4 Å². The van der Waals surface area contributed by atoms with Gasteiger partial charge in [0.1, 0.15) is 11.4 Å². The van der Waals surface area contributed by atoms with Crippen LogP contribution in [0.4, 0.5) is 0 Å². The largest absolute Gasteiger partial charge is 0.466 e. The van der Waals surface area contributed by atoms with E-state index in [9.17, 15) is 5.11 Å². The summed E-state index contributed by atoms with van der Waals surface area (Å²) in [5.74, 6) is 1.35. The average Bonchev–Trinajstić information content (AvgIpc) is 2.95. The molecular formula is C15H27N3O2. The van der Waals surface area contributed by atoms with Crippen molar-refractivity contribution in [2.75, 3.05) is 26.7 Å². The summed E-state index contributed by atoms with van der Waals surface area (Å²) < 4.78 is 5.26.